The minimum Gasteiger partial charge on any atom is -0.375 e. The topological polar surface area (TPSA) is 99.3 Å². The lowest BCUT2D eigenvalue weighted by Crippen LogP contribution is -2.24. The molecule has 0 aliphatic rings. The maximum Gasteiger partial charge on any atom is 0.251 e. The summed E-state index contributed by atoms with van der Waals surface area (Å²) in [6.45, 7) is 4.53. The third-order valence-corrected chi connectivity index (χ3v) is 4.46. The Labute approximate surface area is 181 Å². The Morgan fingerprint density at radius 1 is 0.867 bits per heavy atom. The summed E-state index contributed by atoms with van der Waals surface area (Å²) in [5.41, 5.74) is 2.27. The molecular formula is C22H27ClN4O3. The number of rotatable bonds is 10. The molecule has 30 heavy (non-hydrogen) atoms. The molecule has 0 aromatic heterocycles. The minimum atomic E-state index is -0.269. The molecule has 0 spiro atoms. The van der Waals surface area contributed by atoms with Gasteiger partial charge in [-0.3, -0.25) is 14.4 Å². The highest BCUT2D eigenvalue weighted by Crippen LogP contribution is 2.25. The first-order chi connectivity index (χ1) is 14.4. The van der Waals surface area contributed by atoms with Crippen molar-refractivity contribution in [2.24, 2.45) is 0 Å². The van der Waals surface area contributed by atoms with Crippen LogP contribution in [0.1, 0.15) is 43.5 Å². The zero-order valence-electron chi connectivity index (χ0n) is 17.2. The fraction of sp³-hybridized carbons (Fsp3) is 0.318. The van der Waals surface area contributed by atoms with Gasteiger partial charge >= 0.3 is 0 Å². The summed E-state index contributed by atoms with van der Waals surface area (Å²) in [4.78, 5) is 35.9. The first-order valence-electron chi connectivity index (χ1n) is 9.94. The van der Waals surface area contributed by atoms with Crippen molar-refractivity contribution >= 4 is 46.4 Å². The molecule has 2 aromatic carbocycles. The van der Waals surface area contributed by atoms with E-state index >= 15 is 0 Å². The van der Waals surface area contributed by atoms with Crippen molar-refractivity contribution in [2.75, 3.05) is 29.0 Å². The lowest BCUT2D eigenvalue weighted by Gasteiger charge is -2.12. The van der Waals surface area contributed by atoms with Crippen molar-refractivity contribution < 1.29 is 14.4 Å². The average molecular weight is 431 g/mol. The predicted octanol–water partition coefficient (Wildman–Crippen LogP) is 4.27. The molecule has 0 bridgehead atoms. The molecule has 0 heterocycles. The van der Waals surface area contributed by atoms with Gasteiger partial charge in [-0.25, -0.2) is 0 Å². The van der Waals surface area contributed by atoms with Gasteiger partial charge in [0.2, 0.25) is 11.8 Å². The van der Waals surface area contributed by atoms with Gasteiger partial charge < -0.3 is 21.3 Å². The van der Waals surface area contributed by atoms with Crippen LogP contribution in [0.4, 0.5) is 17.1 Å². The number of amides is 3. The Morgan fingerprint density at radius 3 is 2.20 bits per heavy atom. The molecule has 0 saturated carbocycles. The highest BCUT2D eigenvalue weighted by atomic mass is 35.5. The van der Waals surface area contributed by atoms with E-state index in [2.05, 4.69) is 21.3 Å². The summed E-state index contributed by atoms with van der Waals surface area (Å²) in [5.74, 6) is -0.484. The largest absolute Gasteiger partial charge is 0.375 e. The summed E-state index contributed by atoms with van der Waals surface area (Å²) in [7, 11) is 0. The van der Waals surface area contributed by atoms with Crippen LogP contribution < -0.4 is 21.3 Å². The molecule has 160 valence electrons. The van der Waals surface area contributed by atoms with Gasteiger partial charge in [0.25, 0.3) is 5.91 Å². The number of halogens is 1. The molecule has 0 aliphatic carbocycles. The maximum absolute atomic E-state index is 12.2. The standard InChI is InChI=1S/C22H27ClN4O3/c1-3-5-20(28)27-17-10-11-18(23)19(13-17)25-14-21(29)26-16-8-6-15(7-9-16)22(30)24-12-4-2/h6-11,13,25H,3-5,12,14H2,1-2H3,(H,24,30)(H,26,29)(H,27,28). The highest BCUT2D eigenvalue weighted by Gasteiger charge is 2.09. The quantitative estimate of drug-likeness (QED) is 0.452. The van der Waals surface area contributed by atoms with Crippen LogP contribution in [0.25, 0.3) is 0 Å². The number of hydrogen-bond acceptors (Lipinski definition) is 4. The molecule has 0 atom stereocenters. The van der Waals surface area contributed by atoms with E-state index in [0.717, 1.165) is 12.8 Å². The van der Waals surface area contributed by atoms with Crippen LogP contribution in [0.3, 0.4) is 0 Å². The smallest absolute Gasteiger partial charge is 0.251 e. The number of anilines is 3. The lowest BCUT2D eigenvalue weighted by atomic mass is 10.2. The van der Waals surface area contributed by atoms with Gasteiger partial charge in [0, 0.05) is 29.9 Å². The Morgan fingerprint density at radius 2 is 1.53 bits per heavy atom. The summed E-state index contributed by atoms with van der Waals surface area (Å²) < 4.78 is 0. The van der Waals surface area contributed by atoms with Gasteiger partial charge in [0.05, 0.1) is 17.3 Å². The van der Waals surface area contributed by atoms with Crippen molar-refractivity contribution in [1.29, 1.82) is 0 Å². The molecule has 8 heteroatoms. The molecular weight excluding hydrogens is 404 g/mol. The Bertz CT molecular complexity index is 884. The SMILES string of the molecule is CCCNC(=O)c1ccc(NC(=O)CNc2cc(NC(=O)CCC)ccc2Cl)cc1. The molecule has 0 aliphatic heterocycles. The minimum absolute atomic E-state index is 0.00911. The van der Waals surface area contributed by atoms with E-state index in [-0.39, 0.29) is 24.3 Å². The summed E-state index contributed by atoms with van der Waals surface area (Å²) in [6, 6.07) is 11.7. The van der Waals surface area contributed by atoms with Crippen LogP contribution in [0.5, 0.6) is 0 Å². The van der Waals surface area contributed by atoms with Crippen LogP contribution in [0.2, 0.25) is 5.02 Å². The second kappa shape index (κ2) is 11.8. The van der Waals surface area contributed by atoms with Gasteiger partial charge in [0.1, 0.15) is 0 Å². The number of carbonyl (C=O) groups is 3. The number of benzene rings is 2. The second-order valence-electron chi connectivity index (χ2n) is 6.73. The van der Waals surface area contributed by atoms with E-state index in [4.69, 9.17) is 11.6 Å². The van der Waals surface area contributed by atoms with Gasteiger partial charge in [-0.15, -0.1) is 0 Å². The molecule has 4 N–H and O–H groups in total. The van der Waals surface area contributed by atoms with E-state index < -0.39 is 0 Å². The third kappa shape index (κ3) is 7.40. The molecule has 0 radical (unpaired) electrons. The van der Waals surface area contributed by atoms with Crippen molar-refractivity contribution in [3.05, 3.63) is 53.1 Å². The zero-order chi connectivity index (χ0) is 21.9. The third-order valence-electron chi connectivity index (χ3n) is 4.13. The fourth-order valence-electron chi connectivity index (χ4n) is 2.62. The summed E-state index contributed by atoms with van der Waals surface area (Å²) in [6.07, 6.45) is 2.06. The number of nitrogens with one attached hydrogen (secondary N) is 4. The molecule has 0 unspecified atom stereocenters. The first-order valence-corrected chi connectivity index (χ1v) is 10.3. The highest BCUT2D eigenvalue weighted by molar-refractivity contribution is 6.33. The van der Waals surface area contributed by atoms with E-state index in [0.29, 0.717) is 40.6 Å². The Balaban J connectivity index is 1.90. The Hall–Kier alpha value is -3.06. The molecule has 7 nitrogen and oxygen atoms in total. The molecule has 2 aromatic rings. The van der Waals surface area contributed by atoms with Crippen LogP contribution in [0.15, 0.2) is 42.5 Å². The molecule has 0 saturated heterocycles. The monoisotopic (exact) mass is 430 g/mol. The van der Waals surface area contributed by atoms with Gasteiger partial charge in [-0.2, -0.15) is 0 Å². The first kappa shape index (κ1) is 23.2. The van der Waals surface area contributed by atoms with Gasteiger partial charge in [0.15, 0.2) is 0 Å². The van der Waals surface area contributed by atoms with Crippen LogP contribution in [-0.2, 0) is 9.59 Å². The molecule has 2 rings (SSSR count). The Kier molecular flexibility index (Phi) is 9.15. The molecule has 3 amide bonds. The summed E-state index contributed by atoms with van der Waals surface area (Å²) in [5, 5.41) is 11.8. The van der Waals surface area contributed by atoms with Crippen molar-refractivity contribution in [3.8, 4) is 0 Å². The fourth-order valence-corrected chi connectivity index (χ4v) is 2.80. The number of carbonyl (C=O) groups excluding carboxylic acids is 3. The zero-order valence-corrected chi connectivity index (χ0v) is 17.9. The van der Waals surface area contributed by atoms with E-state index in [1.807, 2.05) is 13.8 Å². The van der Waals surface area contributed by atoms with Crippen LogP contribution in [0, 0.1) is 0 Å². The molecule has 0 fully saturated rings. The second-order valence-corrected chi connectivity index (χ2v) is 7.13. The van der Waals surface area contributed by atoms with Crippen molar-refractivity contribution in [3.63, 3.8) is 0 Å². The van der Waals surface area contributed by atoms with Crippen LogP contribution in [-0.4, -0.2) is 30.8 Å². The lowest BCUT2D eigenvalue weighted by molar-refractivity contribution is -0.116. The van der Waals surface area contributed by atoms with E-state index in [1.165, 1.54) is 0 Å². The van der Waals surface area contributed by atoms with E-state index in [1.54, 1.807) is 42.5 Å². The summed E-state index contributed by atoms with van der Waals surface area (Å²) >= 11 is 6.18. The van der Waals surface area contributed by atoms with Crippen molar-refractivity contribution in [2.45, 2.75) is 33.1 Å². The van der Waals surface area contributed by atoms with Gasteiger partial charge in [-0.05, 0) is 55.3 Å². The normalized spacial score (nSPS) is 10.2. The number of hydrogen-bond donors (Lipinski definition) is 4. The van der Waals surface area contributed by atoms with Crippen molar-refractivity contribution in [1.82, 2.24) is 5.32 Å². The average Bonchev–Trinajstić information content (AvgIpc) is 2.73. The maximum atomic E-state index is 12.2. The van der Waals surface area contributed by atoms with Crippen LogP contribution >= 0.6 is 11.6 Å². The van der Waals surface area contributed by atoms with Gasteiger partial charge in [-0.1, -0.05) is 25.4 Å². The predicted molar refractivity (Wildman–Crippen MR) is 121 cm³/mol. The van der Waals surface area contributed by atoms with E-state index in [9.17, 15) is 14.4 Å².